The van der Waals surface area contributed by atoms with E-state index in [-0.39, 0.29) is 38.1 Å². The predicted molar refractivity (Wildman–Crippen MR) is 101 cm³/mol. The Hall–Kier alpha value is -3.02. The van der Waals surface area contributed by atoms with Gasteiger partial charge in [-0.15, -0.1) is 0 Å². The van der Waals surface area contributed by atoms with Gasteiger partial charge in [-0.1, -0.05) is 29.8 Å². The molecule has 142 valence electrons. The van der Waals surface area contributed by atoms with Crippen molar-refractivity contribution in [3.8, 4) is 11.5 Å². The smallest absolute Gasteiger partial charge is 0.311 e. The van der Waals surface area contributed by atoms with Gasteiger partial charge >= 0.3 is 5.97 Å². The van der Waals surface area contributed by atoms with Crippen molar-refractivity contribution in [2.24, 2.45) is 5.92 Å². The minimum Gasteiger partial charge on any atom is -0.495 e. The van der Waals surface area contributed by atoms with E-state index in [1.165, 1.54) is 0 Å². The van der Waals surface area contributed by atoms with Crippen molar-refractivity contribution >= 4 is 17.6 Å². The predicted octanol–water partition coefficient (Wildman–Crippen LogP) is 2.98. The molecular formula is C21H23NO5. The third kappa shape index (κ3) is 4.58. The van der Waals surface area contributed by atoms with E-state index in [1.54, 1.807) is 24.1 Å². The first-order valence-electron chi connectivity index (χ1n) is 8.88. The summed E-state index contributed by atoms with van der Waals surface area (Å²) in [6.07, 6.45) is 0.135. The van der Waals surface area contributed by atoms with Crippen LogP contribution in [0.4, 0.5) is 5.69 Å². The number of carbonyl (C=O) groups excluding carboxylic acids is 2. The monoisotopic (exact) mass is 369 g/mol. The molecule has 0 radical (unpaired) electrons. The maximum Gasteiger partial charge on any atom is 0.311 e. The van der Waals surface area contributed by atoms with Gasteiger partial charge in [0.05, 0.1) is 18.7 Å². The number of benzene rings is 2. The summed E-state index contributed by atoms with van der Waals surface area (Å²) in [5.41, 5.74) is 1.82. The summed E-state index contributed by atoms with van der Waals surface area (Å²) < 4.78 is 16.1. The first-order chi connectivity index (χ1) is 13.1. The molecule has 0 saturated carbocycles. The average molecular weight is 369 g/mol. The van der Waals surface area contributed by atoms with Gasteiger partial charge in [-0.05, 0) is 31.2 Å². The highest BCUT2D eigenvalue weighted by molar-refractivity contribution is 6.00. The molecule has 27 heavy (non-hydrogen) atoms. The van der Waals surface area contributed by atoms with Crippen LogP contribution in [0.3, 0.4) is 0 Å². The lowest BCUT2D eigenvalue weighted by Crippen LogP contribution is -2.27. The Bertz CT molecular complexity index is 802. The minimum atomic E-state index is -0.484. The number of carbonyl (C=O) groups is 2. The third-order valence-electron chi connectivity index (χ3n) is 4.45. The van der Waals surface area contributed by atoms with Crippen molar-refractivity contribution in [2.75, 3.05) is 31.8 Å². The Morgan fingerprint density at radius 3 is 2.59 bits per heavy atom. The summed E-state index contributed by atoms with van der Waals surface area (Å²) >= 11 is 0. The van der Waals surface area contributed by atoms with E-state index >= 15 is 0 Å². The molecule has 2 aromatic carbocycles. The van der Waals surface area contributed by atoms with Crippen LogP contribution in [0.1, 0.15) is 12.0 Å². The summed E-state index contributed by atoms with van der Waals surface area (Å²) in [5.74, 6) is 0.355. The molecule has 0 aromatic heterocycles. The Kier molecular flexibility index (Phi) is 5.96. The lowest BCUT2D eigenvalue weighted by atomic mass is 10.1. The van der Waals surface area contributed by atoms with Crippen LogP contribution in [0, 0.1) is 12.8 Å². The zero-order valence-electron chi connectivity index (χ0n) is 15.5. The molecule has 0 bridgehead atoms. The van der Waals surface area contributed by atoms with Crippen LogP contribution in [0.15, 0.2) is 48.5 Å². The van der Waals surface area contributed by atoms with E-state index < -0.39 is 5.92 Å². The van der Waals surface area contributed by atoms with Crippen LogP contribution >= 0.6 is 0 Å². The summed E-state index contributed by atoms with van der Waals surface area (Å²) in [5, 5.41) is 0. The second kappa shape index (κ2) is 8.58. The number of esters is 1. The Morgan fingerprint density at radius 2 is 1.85 bits per heavy atom. The Morgan fingerprint density at radius 1 is 1.11 bits per heavy atom. The first kappa shape index (κ1) is 18.8. The number of methoxy groups -OCH3 is 1. The Balaban J connectivity index is 1.49. The number of nitrogens with zero attached hydrogens (tertiary/aromatic N) is 1. The molecule has 1 amide bonds. The molecule has 6 nitrogen and oxygen atoms in total. The van der Waals surface area contributed by atoms with Crippen LogP contribution in [0.25, 0.3) is 0 Å². The van der Waals surface area contributed by atoms with Crippen LogP contribution in [0.2, 0.25) is 0 Å². The highest BCUT2D eigenvalue weighted by Crippen LogP contribution is 2.33. The van der Waals surface area contributed by atoms with E-state index in [9.17, 15) is 9.59 Å². The number of ether oxygens (including phenoxy) is 3. The van der Waals surface area contributed by atoms with Crippen molar-refractivity contribution in [3.63, 3.8) is 0 Å². The molecule has 0 N–H and O–H groups in total. The van der Waals surface area contributed by atoms with Gasteiger partial charge in [0.25, 0.3) is 0 Å². The van der Waals surface area contributed by atoms with Crippen molar-refractivity contribution < 1.29 is 23.8 Å². The SMILES string of the molecule is COc1ccccc1N1C[C@@H](C(=O)OCCOc2ccc(C)cc2)CC1=O. The van der Waals surface area contributed by atoms with E-state index in [1.807, 2.05) is 43.3 Å². The number of para-hydroxylation sites is 2. The van der Waals surface area contributed by atoms with Gasteiger partial charge in [0.2, 0.25) is 5.91 Å². The summed E-state index contributed by atoms with van der Waals surface area (Å²) in [4.78, 5) is 26.2. The molecule has 1 fully saturated rings. The maximum atomic E-state index is 12.3. The number of aryl methyl sites for hydroxylation is 1. The standard InChI is InChI=1S/C21H23NO5/c1-15-7-9-17(10-8-15)26-11-12-27-21(24)16-13-20(23)22(14-16)18-5-3-4-6-19(18)25-2/h3-10,16H,11-14H2,1-2H3/t16-/m0/s1. The highest BCUT2D eigenvalue weighted by atomic mass is 16.6. The summed E-state index contributed by atoms with van der Waals surface area (Å²) in [6.45, 7) is 2.71. The van der Waals surface area contributed by atoms with Gasteiger partial charge in [-0.25, -0.2) is 0 Å². The first-order valence-corrected chi connectivity index (χ1v) is 8.88. The lowest BCUT2D eigenvalue weighted by Gasteiger charge is -2.19. The molecular weight excluding hydrogens is 346 g/mol. The number of anilines is 1. The van der Waals surface area contributed by atoms with Crippen LogP contribution in [-0.4, -0.2) is 38.7 Å². The van der Waals surface area contributed by atoms with Gasteiger partial charge < -0.3 is 19.1 Å². The maximum absolute atomic E-state index is 12.3. The normalized spacial score (nSPS) is 16.3. The number of amides is 1. The van der Waals surface area contributed by atoms with Gasteiger partial charge in [-0.3, -0.25) is 9.59 Å². The van der Waals surface area contributed by atoms with Gasteiger partial charge in [-0.2, -0.15) is 0 Å². The van der Waals surface area contributed by atoms with E-state index in [0.717, 1.165) is 11.3 Å². The van der Waals surface area contributed by atoms with Gasteiger partial charge in [0, 0.05) is 13.0 Å². The van der Waals surface area contributed by atoms with Crippen LogP contribution in [0.5, 0.6) is 11.5 Å². The van der Waals surface area contributed by atoms with Crippen molar-refractivity contribution in [3.05, 3.63) is 54.1 Å². The molecule has 3 rings (SSSR count). The highest BCUT2D eigenvalue weighted by Gasteiger charge is 2.37. The zero-order valence-corrected chi connectivity index (χ0v) is 15.5. The topological polar surface area (TPSA) is 65.1 Å². The molecule has 1 atom stereocenters. The van der Waals surface area contributed by atoms with E-state index in [4.69, 9.17) is 14.2 Å². The fraction of sp³-hybridized carbons (Fsp3) is 0.333. The zero-order chi connectivity index (χ0) is 19.2. The van der Waals surface area contributed by atoms with Crippen molar-refractivity contribution in [1.82, 2.24) is 0 Å². The van der Waals surface area contributed by atoms with Crippen LogP contribution < -0.4 is 14.4 Å². The van der Waals surface area contributed by atoms with Gasteiger partial charge in [0.1, 0.15) is 24.7 Å². The fourth-order valence-corrected chi connectivity index (χ4v) is 3.01. The van der Waals surface area contributed by atoms with Crippen LogP contribution in [-0.2, 0) is 14.3 Å². The largest absolute Gasteiger partial charge is 0.495 e. The molecule has 0 spiro atoms. The molecule has 1 aliphatic rings. The molecule has 6 heteroatoms. The number of hydrogen-bond donors (Lipinski definition) is 0. The van der Waals surface area contributed by atoms with Gasteiger partial charge in [0.15, 0.2) is 0 Å². The second-order valence-electron chi connectivity index (χ2n) is 6.41. The molecule has 0 aliphatic carbocycles. The number of rotatable bonds is 7. The quantitative estimate of drug-likeness (QED) is 0.555. The summed E-state index contributed by atoms with van der Waals surface area (Å²) in [6, 6.07) is 14.9. The number of hydrogen-bond acceptors (Lipinski definition) is 5. The fourth-order valence-electron chi connectivity index (χ4n) is 3.01. The summed E-state index contributed by atoms with van der Waals surface area (Å²) in [7, 11) is 1.55. The molecule has 1 heterocycles. The van der Waals surface area contributed by atoms with Crippen molar-refractivity contribution in [1.29, 1.82) is 0 Å². The lowest BCUT2D eigenvalue weighted by molar-refractivity contribution is -0.149. The van der Waals surface area contributed by atoms with E-state index in [2.05, 4.69) is 0 Å². The third-order valence-corrected chi connectivity index (χ3v) is 4.45. The van der Waals surface area contributed by atoms with Crippen molar-refractivity contribution in [2.45, 2.75) is 13.3 Å². The molecule has 2 aromatic rings. The average Bonchev–Trinajstić information content (AvgIpc) is 3.08. The minimum absolute atomic E-state index is 0.114. The molecule has 0 unspecified atom stereocenters. The second-order valence-corrected chi connectivity index (χ2v) is 6.41. The molecule has 1 saturated heterocycles. The molecule has 1 aliphatic heterocycles. The Labute approximate surface area is 158 Å². The van der Waals surface area contributed by atoms with E-state index in [0.29, 0.717) is 11.4 Å².